The third kappa shape index (κ3) is 3.34. The average molecular weight is 375 g/mol. The van der Waals surface area contributed by atoms with Crippen molar-refractivity contribution in [3.8, 4) is 5.75 Å². The van der Waals surface area contributed by atoms with Crippen LogP contribution in [0.5, 0.6) is 5.75 Å². The molecule has 0 fully saturated rings. The molecule has 0 saturated heterocycles. The van der Waals surface area contributed by atoms with Crippen LogP contribution >= 0.6 is 11.8 Å². The number of thioether (sulfide) groups is 1. The van der Waals surface area contributed by atoms with E-state index in [1.165, 1.54) is 0 Å². The summed E-state index contributed by atoms with van der Waals surface area (Å²) < 4.78 is 7.34. The van der Waals surface area contributed by atoms with Crippen LogP contribution in [0.4, 0.5) is 0 Å². The lowest BCUT2D eigenvalue weighted by Crippen LogP contribution is -2.19. The highest BCUT2D eigenvalue weighted by molar-refractivity contribution is 7.98. The molecule has 5 heteroatoms. The fraction of sp³-hybridized carbons (Fsp3) is 0.0909. The fourth-order valence-electron chi connectivity index (χ4n) is 3.18. The summed E-state index contributed by atoms with van der Waals surface area (Å²) in [7, 11) is 0. The number of hydrogen-bond donors (Lipinski definition) is 0. The van der Waals surface area contributed by atoms with Crippen LogP contribution in [0.15, 0.2) is 82.5 Å². The number of rotatable bonds is 4. The predicted molar refractivity (Wildman–Crippen MR) is 110 cm³/mol. The summed E-state index contributed by atoms with van der Waals surface area (Å²) in [5.41, 5.74) is 1.41. The van der Waals surface area contributed by atoms with E-state index in [9.17, 15) is 9.59 Å². The summed E-state index contributed by atoms with van der Waals surface area (Å²) in [6, 6.07) is 22.0. The van der Waals surface area contributed by atoms with Crippen LogP contribution < -0.4 is 10.2 Å². The van der Waals surface area contributed by atoms with Gasteiger partial charge in [-0.25, -0.2) is 4.79 Å². The molecular formula is C22H17NO3S. The van der Waals surface area contributed by atoms with Crippen LogP contribution in [0.3, 0.4) is 0 Å². The Morgan fingerprint density at radius 3 is 2.00 bits per heavy atom. The van der Waals surface area contributed by atoms with E-state index in [2.05, 4.69) is 0 Å². The molecule has 4 aromatic rings. The van der Waals surface area contributed by atoms with E-state index in [0.717, 1.165) is 15.9 Å². The van der Waals surface area contributed by atoms with Crippen LogP contribution in [0.2, 0.25) is 0 Å². The van der Waals surface area contributed by atoms with Gasteiger partial charge in [0.2, 0.25) is 0 Å². The number of ether oxygens (including phenoxy) is 1. The quantitative estimate of drug-likeness (QED) is 0.228. The van der Waals surface area contributed by atoms with Crippen LogP contribution in [0.1, 0.15) is 0 Å². The second-order valence-electron chi connectivity index (χ2n) is 6.10. The molecule has 27 heavy (non-hydrogen) atoms. The molecule has 0 unspecified atom stereocenters. The number of hydrogen-bond acceptors (Lipinski definition) is 4. The van der Waals surface area contributed by atoms with Gasteiger partial charge in [0.15, 0.2) is 5.43 Å². The van der Waals surface area contributed by atoms with Gasteiger partial charge in [-0.2, -0.15) is 0 Å². The maximum atomic E-state index is 12.7. The van der Waals surface area contributed by atoms with E-state index in [-0.39, 0.29) is 17.9 Å². The largest absolute Gasteiger partial charge is 0.425 e. The summed E-state index contributed by atoms with van der Waals surface area (Å²) in [6.07, 6.45) is 1.99. The monoisotopic (exact) mass is 375 g/mol. The first-order valence-electron chi connectivity index (χ1n) is 8.52. The molecule has 0 amide bonds. The molecule has 0 radical (unpaired) electrons. The number of para-hydroxylation sites is 2. The highest BCUT2D eigenvalue weighted by atomic mass is 32.2. The summed E-state index contributed by atoms with van der Waals surface area (Å²) in [6.45, 7) is 0.0194. The Morgan fingerprint density at radius 2 is 1.44 bits per heavy atom. The van der Waals surface area contributed by atoms with Gasteiger partial charge in [0.25, 0.3) is 0 Å². The van der Waals surface area contributed by atoms with Crippen LogP contribution in [0, 0.1) is 0 Å². The van der Waals surface area contributed by atoms with Crippen molar-refractivity contribution in [2.75, 3.05) is 6.26 Å². The van der Waals surface area contributed by atoms with Gasteiger partial charge in [-0.1, -0.05) is 24.3 Å². The summed E-state index contributed by atoms with van der Waals surface area (Å²) in [5, 5.41) is 1.18. The molecule has 0 saturated carbocycles. The average Bonchev–Trinajstić information content (AvgIpc) is 2.72. The molecule has 0 aliphatic rings. The minimum atomic E-state index is -0.383. The van der Waals surface area contributed by atoms with Gasteiger partial charge in [0.1, 0.15) is 12.3 Å². The standard InChI is InChI=1S/C22H17NO3S/c1-27-16-12-10-15(11-13-16)26-21(24)14-23-19-8-4-2-6-17(19)22(25)18-7-3-5-9-20(18)23/h2-13H,14H2,1H3. The van der Waals surface area contributed by atoms with Crippen molar-refractivity contribution in [1.29, 1.82) is 0 Å². The van der Waals surface area contributed by atoms with Gasteiger partial charge in [-0.05, 0) is 54.8 Å². The minimum absolute atomic E-state index is 0.0194. The number of nitrogens with zero attached hydrogens (tertiary/aromatic N) is 1. The molecule has 0 aliphatic heterocycles. The Kier molecular flexibility index (Phi) is 4.69. The van der Waals surface area contributed by atoms with E-state index < -0.39 is 0 Å². The Labute approximate surface area is 160 Å². The van der Waals surface area contributed by atoms with E-state index in [1.54, 1.807) is 36.0 Å². The number of pyridine rings is 1. The fourth-order valence-corrected chi connectivity index (χ4v) is 3.59. The molecule has 0 atom stereocenters. The lowest BCUT2D eigenvalue weighted by atomic mass is 10.1. The van der Waals surface area contributed by atoms with Gasteiger partial charge in [-0.15, -0.1) is 11.8 Å². The van der Waals surface area contributed by atoms with Gasteiger partial charge in [-0.3, -0.25) is 4.79 Å². The zero-order valence-corrected chi connectivity index (χ0v) is 15.5. The molecule has 0 bridgehead atoms. The highest BCUT2D eigenvalue weighted by Gasteiger charge is 2.14. The van der Waals surface area contributed by atoms with Crippen LogP contribution in [-0.2, 0) is 11.3 Å². The molecule has 1 heterocycles. The Morgan fingerprint density at radius 1 is 0.889 bits per heavy atom. The topological polar surface area (TPSA) is 48.3 Å². The van der Waals surface area contributed by atoms with Crippen molar-refractivity contribution < 1.29 is 9.53 Å². The van der Waals surface area contributed by atoms with Gasteiger partial charge in [0, 0.05) is 15.7 Å². The predicted octanol–water partition coefficient (Wildman–Crippen LogP) is 4.48. The Hall–Kier alpha value is -3.05. The molecule has 3 aromatic carbocycles. The number of benzene rings is 3. The lowest BCUT2D eigenvalue weighted by molar-refractivity contribution is -0.134. The van der Waals surface area contributed by atoms with E-state index >= 15 is 0 Å². The maximum Gasteiger partial charge on any atom is 0.331 e. The van der Waals surface area contributed by atoms with Crippen molar-refractivity contribution >= 4 is 39.5 Å². The zero-order valence-electron chi connectivity index (χ0n) is 14.7. The zero-order chi connectivity index (χ0) is 18.8. The first-order chi connectivity index (χ1) is 13.2. The Bertz CT molecular complexity index is 1140. The second kappa shape index (κ2) is 7.29. The maximum absolute atomic E-state index is 12.7. The Balaban J connectivity index is 1.74. The number of aromatic nitrogens is 1. The lowest BCUT2D eigenvalue weighted by Gasteiger charge is -2.14. The third-order valence-electron chi connectivity index (χ3n) is 4.46. The third-order valence-corrected chi connectivity index (χ3v) is 5.20. The van der Waals surface area contributed by atoms with Gasteiger partial charge >= 0.3 is 5.97 Å². The van der Waals surface area contributed by atoms with E-state index in [4.69, 9.17) is 4.74 Å². The minimum Gasteiger partial charge on any atom is -0.425 e. The first kappa shape index (κ1) is 17.4. The molecule has 4 rings (SSSR count). The van der Waals surface area contributed by atoms with E-state index in [1.807, 2.05) is 59.4 Å². The smallest absolute Gasteiger partial charge is 0.331 e. The first-order valence-corrected chi connectivity index (χ1v) is 9.75. The summed E-state index contributed by atoms with van der Waals surface area (Å²) in [5.74, 6) is 0.123. The number of carbonyl (C=O) groups excluding carboxylic acids is 1. The molecule has 0 N–H and O–H groups in total. The van der Waals surface area contributed by atoms with Crippen LogP contribution in [0.25, 0.3) is 21.8 Å². The summed E-state index contributed by atoms with van der Waals surface area (Å²) in [4.78, 5) is 26.4. The van der Waals surface area contributed by atoms with Crippen molar-refractivity contribution in [3.63, 3.8) is 0 Å². The molecule has 134 valence electrons. The van der Waals surface area contributed by atoms with Crippen LogP contribution in [-0.4, -0.2) is 16.8 Å². The van der Waals surface area contributed by atoms with Crippen molar-refractivity contribution in [2.45, 2.75) is 11.4 Å². The molecule has 0 spiro atoms. The van der Waals surface area contributed by atoms with Gasteiger partial charge in [0.05, 0.1) is 11.0 Å². The number of esters is 1. The van der Waals surface area contributed by atoms with Crippen molar-refractivity contribution in [3.05, 3.63) is 83.0 Å². The molecule has 0 aliphatic carbocycles. The van der Waals surface area contributed by atoms with E-state index in [0.29, 0.717) is 16.5 Å². The SMILES string of the molecule is CSc1ccc(OC(=O)Cn2c3ccccc3c(=O)c3ccccc32)cc1. The van der Waals surface area contributed by atoms with Crippen molar-refractivity contribution in [1.82, 2.24) is 4.57 Å². The highest BCUT2D eigenvalue weighted by Crippen LogP contribution is 2.21. The number of carbonyl (C=O) groups is 1. The summed E-state index contributed by atoms with van der Waals surface area (Å²) >= 11 is 1.63. The van der Waals surface area contributed by atoms with Crippen molar-refractivity contribution in [2.24, 2.45) is 0 Å². The molecule has 4 nitrogen and oxygen atoms in total. The normalized spacial score (nSPS) is 11.0. The second-order valence-corrected chi connectivity index (χ2v) is 6.98. The molecular weight excluding hydrogens is 358 g/mol. The molecule has 1 aromatic heterocycles. The van der Waals surface area contributed by atoms with Gasteiger partial charge < -0.3 is 9.30 Å². The number of fused-ring (bicyclic) bond motifs is 2.